The molecule has 1 fully saturated rings. The highest BCUT2D eigenvalue weighted by Crippen LogP contribution is 2.30. The lowest BCUT2D eigenvalue weighted by atomic mass is 10.0. The van der Waals surface area contributed by atoms with Crippen molar-refractivity contribution in [3.63, 3.8) is 0 Å². The van der Waals surface area contributed by atoms with Crippen LogP contribution in [0.4, 0.5) is 5.95 Å². The van der Waals surface area contributed by atoms with Crippen LogP contribution in [0.2, 0.25) is 0 Å². The van der Waals surface area contributed by atoms with Gasteiger partial charge in [0.15, 0.2) is 5.65 Å². The zero-order valence-electron chi connectivity index (χ0n) is 16.7. The fourth-order valence-electron chi connectivity index (χ4n) is 3.52. The summed E-state index contributed by atoms with van der Waals surface area (Å²) in [5, 5.41) is 17.2. The molecular weight excluding hydrogens is 374 g/mol. The van der Waals surface area contributed by atoms with E-state index >= 15 is 0 Å². The molecule has 4 rings (SSSR count). The Morgan fingerprint density at radius 1 is 1.32 bits per heavy atom. The SMILES string of the molecule is C/C(SN1CCC(C)CC1)=C1\Nc2ncc3c(C)nn(c3n2)CCCOC1=N. The Balaban J connectivity index is 1.64. The Kier molecular flexibility index (Phi) is 5.54. The van der Waals surface area contributed by atoms with Gasteiger partial charge in [-0.3, -0.25) is 5.41 Å². The zero-order chi connectivity index (χ0) is 19.7. The summed E-state index contributed by atoms with van der Waals surface area (Å²) in [4.78, 5) is 10.1. The minimum absolute atomic E-state index is 0.134. The standard InChI is InChI=1S/C19H27N7OS/c1-12-5-8-25(9-6-12)28-14(3)16-17(20)27-10-4-7-26-18-15(13(2)24-26)11-21-19(22-16)23-18/h11-12,20H,4-10H2,1-3H3,(H,21,22,23)/b16-14+,20-17?. The van der Waals surface area contributed by atoms with Gasteiger partial charge in [0, 0.05) is 37.2 Å². The summed E-state index contributed by atoms with van der Waals surface area (Å²) < 4.78 is 9.99. The third kappa shape index (κ3) is 4.00. The monoisotopic (exact) mass is 401 g/mol. The average molecular weight is 402 g/mol. The van der Waals surface area contributed by atoms with Crippen molar-refractivity contribution in [3.05, 3.63) is 22.5 Å². The van der Waals surface area contributed by atoms with E-state index in [4.69, 9.17) is 10.1 Å². The molecule has 0 spiro atoms. The van der Waals surface area contributed by atoms with Crippen molar-refractivity contribution in [2.24, 2.45) is 5.92 Å². The van der Waals surface area contributed by atoms with Gasteiger partial charge in [-0.15, -0.1) is 0 Å². The van der Waals surface area contributed by atoms with Gasteiger partial charge in [-0.2, -0.15) is 10.1 Å². The quantitative estimate of drug-likeness (QED) is 0.743. The molecule has 2 aromatic heterocycles. The molecule has 0 aliphatic carbocycles. The minimum Gasteiger partial charge on any atom is -0.476 e. The van der Waals surface area contributed by atoms with Crippen LogP contribution in [0.3, 0.4) is 0 Å². The highest BCUT2D eigenvalue weighted by molar-refractivity contribution is 8.00. The first-order chi connectivity index (χ1) is 13.5. The Hall–Kier alpha value is -2.13. The van der Waals surface area contributed by atoms with Crippen LogP contribution in [-0.2, 0) is 11.3 Å². The summed E-state index contributed by atoms with van der Waals surface area (Å²) in [5.41, 5.74) is 2.37. The summed E-state index contributed by atoms with van der Waals surface area (Å²) in [6.07, 6.45) is 4.99. The van der Waals surface area contributed by atoms with Gasteiger partial charge in [-0.1, -0.05) is 6.92 Å². The van der Waals surface area contributed by atoms with Crippen molar-refractivity contribution in [3.8, 4) is 0 Å². The van der Waals surface area contributed by atoms with Gasteiger partial charge in [0.25, 0.3) is 0 Å². The molecule has 0 amide bonds. The Bertz CT molecular complexity index is 914. The predicted molar refractivity (Wildman–Crippen MR) is 112 cm³/mol. The summed E-state index contributed by atoms with van der Waals surface area (Å²) in [6.45, 7) is 9.59. The number of aromatic nitrogens is 4. The smallest absolute Gasteiger partial charge is 0.231 e. The number of nitrogens with zero attached hydrogens (tertiary/aromatic N) is 5. The molecule has 28 heavy (non-hydrogen) atoms. The van der Waals surface area contributed by atoms with Crippen LogP contribution in [-0.4, -0.2) is 49.6 Å². The number of ether oxygens (including phenoxy) is 1. The topological polar surface area (TPSA) is 91.9 Å². The highest BCUT2D eigenvalue weighted by atomic mass is 32.2. The third-order valence-electron chi connectivity index (χ3n) is 5.26. The fourth-order valence-corrected chi connectivity index (χ4v) is 4.53. The van der Waals surface area contributed by atoms with E-state index in [1.54, 1.807) is 18.1 Å². The van der Waals surface area contributed by atoms with E-state index in [0.29, 0.717) is 24.8 Å². The summed E-state index contributed by atoms with van der Waals surface area (Å²) in [5.74, 6) is 1.39. The van der Waals surface area contributed by atoms with Crippen LogP contribution >= 0.6 is 11.9 Å². The molecule has 0 saturated carbocycles. The number of anilines is 1. The van der Waals surface area contributed by atoms with E-state index in [2.05, 4.69) is 31.6 Å². The van der Waals surface area contributed by atoms with Crippen LogP contribution < -0.4 is 5.32 Å². The molecule has 4 heterocycles. The fraction of sp³-hybridized carbons (Fsp3) is 0.579. The van der Waals surface area contributed by atoms with Crippen LogP contribution in [0, 0.1) is 18.3 Å². The summed E-state index contributed by atoms with van der Waals surface area (Å²) in [7, 11) is 0. The van der Waals surface area contributed by atoms with Gasteiger partial charge in [0.05, 0.1) is 17.7 Å². The number of hydrogen-bond donors (Lipinski definition) is 2. The molecule has 1 saturated heterocycles. The molecule has 0 atom stereocenters. The van der Waals surface area contributed by atoms with Crippen LogP contribution in [0.15, 0.2) is 16.8 Å². The first-order valence-corrected chi connectivity index (χ1v) is 10.6. The van der Waals surface area contributed by atoms with Gasteiger partial charge in [-0.25, -0.2) is 14.0 Å². The van der Waals surface area contributed by atoms with Crippen LogP contribution in [0.1, 0.15) is 38.8 Å². The number of nitrogens with one attached hydrogen (secondary N) is 2. The number of fused-ring (bicyclic) bond motifs is 1. The highest BCUT2D eigenvalue weighted by Gasteiger charge is 2.21. The number of aryl methyl sites for hydroxylation is 2. The average Bonchev–Trinajstić information content (AvgIpc) is 2.99. The van der Waals surface area contributed by atoms with Crippen LogP contribution in [0.25, 0.3) is 11.0 Å². The second-order valence-corrected chi connectivity index (χ2v) is 8.84. The van der Waals surface area contributed by atoms with E-state index in [0.717, 1.165) is 47.1 Å². The minimum atomic E-state index is 0.134. The lowest BCUT2D eigenvalue weighted by Gasteiger charge is -2.29. The number of hydrogen-bond acceptors (Lipinski definition) is 8. The molecule has 0 aromatic carbocycles. The van der Waals surface area contributed by atoms with Crippen LogP contribution in [0.5, 0.6) is 0 Å². The number of allylic oxidation sites excluding steroid dienone is 1. The van der Waals surface area contributed by atoms with Crippen molar-refractivity contribution in [2.75, 3.05) is 25.0 Å². The maximum absolute atomic E-state index is 8.44. The molecule has 2 aliphatic rings. The zero-order valence-corrected chi connectivity index (χ0v) is 17.5. The van der Waals surface area contributed by atoms with Gasteiger partial charge in [-0.05, 0) is 44.6 Å². The Morgan fingerprint density at radius 3 is 2.89 bits per heavy atom. The van der Waals surface area contributed by atoms with Crippen molar-refractivity contribution in [1.82, 2.24) is 24.1 Å². The largest absolute Gasteiger partial charge is 0.476 e. The van der Waals surface area contributed by atoms with E-state index in [1.807, 2.05) is 18.5 Å². The number of rotatable bonds is 2. The molecular formula is C19H27N7OS. The molecule has 150 valence electrons. The molecule has 2 N–H and O–H groups in total. The molecule has 9 heteroatoms. The van der Waals surface area contributed by atoms with Gasteiger partial charge in [0.2, 0.25) is 11.8 Å². The molecule has 0 unspecified atom stereocenters. The normalized spacial score (nSPS) is 21.3. The van der Waals surface area contributed by atoms with Crippen molar-refractivity contribution in [2.45, 2.75) is 46.6 Å². The first-order valence-electron chi connectivity index (χ1n) is 9.84. The van der Waals surface area contributed by atoms with Gasteiger partial charge in [0.1, 0.15) is 5.70 Å². The van der Waals surface area contributed by atoms with E-state index < -0.39 is 0 Å². The predicted octanol–water partition coefficient (Wildman–Crippen LogP) is 3.56. The lowest BCUT2D eigenvalue weighted by molar-refractivity contribution is 0.285. The first kappa shape index (κ1) is 19.2. The van der Waals surface area contributed by atoms with E-state index in [1.165, 1.54) is 12.8 Å². The van der Waals surface area contributed by atoms with Crippen molar-refractivity contribution >= 4 is 34.8 Å². The molecule has 8 nitrogen and oxygen atoms in total. The van der Waals surface area contributed by atoms with Crippen molar-refractivity contribution < 1.29 is 4.74 Å². The van der Waals surface area contributed by atoms with Gasteiger partial charge < -0.3 is 10.1 Å². The van der Waals surface area contributed by atoms with E-state index in [9.17, 15) is 0 Å². The molecule has 2 aliphatic heterocycles. The Morgan fingerprint density at radius 2 is 2.11 bits per heavy atom. The van der Waals surface area contributed by atoms with Crippen molar-refractivity contribution in [1.29, 1.82) is 5.41 Å². The number of piperidine rings is 1. The maximum atomic E-state index is 8.44. The third-order valence-corrected chi connectivity index (χ3v) is 6.36. The molecule has 2 bridgehead atoms. The Labute approximate surface area is 169 Å². The second kappa shape index (κ2) is 8.08. The summed E-state index contributed by atoms with van der Waals surface area (Å²) in [6, 6.07) is 0. The van der Waals surface area contributed by atoms with Gasteiger partial charge >= 0.3 is 0 Å². The van der Waals surface area contributed by atoms with E-state index in [-0.39, 0.29) is 5.90 Å². The molecule has 0 radical (unpaired) electrons. The molecule has 2 aromatic rings. The summed E-state index contributed by atoms with van der Waals surface area (Å²) >= 11 is 1.69. The second-order valence-electron chi connectivity index (χ2n) is 7.53. The maximum Gasteiger partial charge on any atom is 0.231 e. The lowest BCUT2D eigenvalue weighted by Crippen LogP contribution is -2.28.